The van der Waals surface area contributed by atoms with Crippen LogP contribution in [0.4, 0.5) is 0 Å². The van der Waals surface area contributed by atoms with E-state index in [0.29, 0.717) is 12.3 Å². The average molecular weight is 258 g/mol. The lowest BCUT2D eigenvalue weighted by Crippen LogP contribution is -2.43. The number of hydrogen-bond acceptors (Lipinski definition) is 4. The van der Waals surface area contributed by atoms with Gasteiger partial charge in [-0.05, 0) is 38.3 Å². The Morgan fingerprint density at radius 3 is 2.67 bits per heavy atom. The first-order valence-corrected chi connectivity index (χ1v) is 6.35. The maximum atomic E-state index is 11.6. The summed E-state index contributed by atoms with van der Waals surface area (Å²) in [5.41, 5.74) is 0. The quantitative estimate of drug-likeness (QED) is 0.597. The van der Waals surface area contributed by atoms with Crippen LogP contribution in [0.1, 0.15) is 25.7 Å². The highest BCUT2D eigenvalue weighted by molar-refractivity contribution is 5.83. The molecule has 1 fully saturated rings. The molecule has 6 heteroatoms. The molecule has 1 rings (SSSR count). The zero-order valence-electron chi connectivity index (χ0n) is 10.8. The van der Waals surface area contributed by atoms with E-state index in [1.54, 1.807) is 0 Å². The van der Waals surface area contributed by atoms with Crippen molar-refractivity contribution in [1.82, 2.24) is 10.6 Å². The second-order valence-corrected chi connectivity index (χ2v) is 4.65. The van der Waals surface area contributed by atoms with Crippen molar-refractivity contribution >= 4 is 11.9 Å². The second kappa shape index (κ2) is 8.05. The van der Waals surface area contributed by atoms with Gasteiger partial charge < -0.3 is 20.5 Å². The van der Waals surface area contributed by atoms with Gasteiger partial charge in [-0.2, -0.15) is 0 Å². The molecule has 104 valence electrons. The molecular formula is C12H22N2O4. The standard InChI is InChI=1S/C12H22N2O4/c1-18-8-10(12(16)17)14-11(15)3-2-9-4-6-13-7-5-9/h9-10,13H,2-8H2,1H3,(H,14,15)(H,16,17). The van der Waals surface area contributed by atoms with Crippen molar-refractivity contribution in [2.75, 3.05) is 26.8 Å². The lowest BCUT2D eigenvalue weighted by atomic mass is 9.93. The van der Waals surface area contributed by atoms with Gasteiger partial charge in [0.05, 0.1) is 6.61 Å². The molecule has 0 bridgehead atoms. The molecule has 0 spiro atoms. The summed E-state index contributed by atoms with van der Waals surface area (Å²) in [7, 11) is 1.41. The third kappa shape index (κ3) is 5.46. The summed E-state index contributed by atoms with van der Waals surface area (Å²) in [5, 5.41) is 14.6. The molecule has 1 saturated heterocycles. The van der Waals surface area contributed by atoms with Gasteiger partial charge in [-0.1, -0.05) is 0 Å². The van der Waals surface area contributed by atoms with Crippen LogP contribution >= 0.6 is 0 Å². The topological polar surface area (TPSA) is 87.7 Å². The van der Waals surface area contributed by atoms with Crippen molar-refractivity contribution < 1.29 is 19.4 Å². The van der Waals surface area contributed by atoms with Crippen LogP contribution in [0.15, 0.2) is 0 Å². The Morgan fingerprint density at radius 1 is 1.44 bits per heavy atom. The minimum atomic E-state index is -1.06. The number of carboxylic acid groups (broad SMARTS) is 1. The van der Waals surface area contributed by atoms with Gasteiger partial charge in [0.1, 0.15) is 0 Å². The zero-order chi connectivity index (χ0) is 13.4. The Morgan fingerprint density at radius 2 is 2.11 bits per heavy atom. The third-order valence-electron chi connectivity index (χ3n) is 3.21. The first-order valence-electron chi connectivity index (χ1n) is 6.35. The van der Waals surface area contributed by atoms with E-state index in [1.165, 1.54) is 7.11 Å². The summed E-state index contributed by atoms with van der Waals surface area (Å²) in [6, 6.07) is -0.949. The number of amides is 1. The highest BCUT2D eigenvalue weighted by atomic mass is 16.5. The van der Waals surface area contributed by atoms with Crippen LogP contribution in [-0.4, -0.2) is 49.8 Å². The van der Waals surface area contributed by atoms with E-state index in [2.05, 4.69) is 10.6 Å². The molecular weight excluding hydrogens is 236 g/mol. The number of rotatable bonds is 7. The van der Waals surface area contributed by atoms with Crippen molar-refractivity contribution in [3.05, 3.63) is 0 Å². The molecule has 3 N–H and O–H groups in total. The molecule has 0 aromatic rings. The van der Waals surface area contributed by atoms with E-state index in [9.17, 15) is 9.59 Å². The van der Waals surface area contributed by atoms with E-state index in [4.69, 9.17) is 9.84 Å². The molecule has 0 aromatic heterocycles. The van der Waals surface area contributed by atoms with E-state index in [1.807, 2.05) is 0 Å². The Bertz CT molecular complexity index is 277. The summed E-state index contributed by atoms with van der Waals surface area (Å²) in [6.45, 7) is 2.01. The molecule has 0 radical (unpaired) electrons. The summed E-state index contributed by atoms with van der Waals surface area (Å²) in [4.78, 5) is 22.5. The fourth-order valence-electron chi connectivity index (χ4n) is 2.11. The van der Waals surface area contributed by atoms with Gasteiger partial charge in [0.25, 0.3) is 0 Å². The fourth-order valence-corrected chi connectivity index (χ4v) is 2.11. The molecule has 18 heavy (non-hydrogen) atoms. The monoisotopic (exact) mass is 258 g/mol. The van der Waals surface area contributed by atoms with E-state index in [-0.39, 0.29) is 12.5 Å². The number of ether oxygens (including phenoxy) is 1. The Hall–Kier alpha value is -1.14. The van der Waals surface area contributed by atoms with Crippen LogP contribution in [0.2, 0.25) is 0 Å². The first kappa shape index (κ1) is 14.9. The molecule has 1 heterocycles. The van der Waals surface area contributed by atoms with Crippen LogP contribution in [0.5, 0.6) is 0 Å². The van der Waals surface area contributed by atoms with Crippen LogP contribution in [-0.2, 0) is 14.3 Å². The second-order valence-electron chi connectivity index (χ2n) is 4.65. The number of methoxy groups -OCH3 is 1. The highest BCUT2D eigenvalue weighted by Crippen LogP contribution is 2.17. The van der Waals surface area contributed by atoms with Gasteiger partial charge in [0.2, 0.25) is 5.91 Å². The van der Waals surface area contributed by atoms with Gasteiger partial charge in [-0.15, -0.1) is 0 Å². The predicted octanol–water partition coefficient (Wildman–Crippen LogP) is -0.0180. The molecule has 0 aromatic carbocycles. The maximum Gasteiger partial charge on any atom is 0.328 e. The molecule has 1 unspecified atom stereocenters. The van der Waals surface area contributed by atoms with E-state index >= 15 is 0 Å². The number of piperidine rings is 1. The van der Waals surface area contributed by atoms with Crippen molar-refractivity contribution in [1.29, 1.82) is 0 Å². The van der Waals surface area contributed by atoms with E-state index in [0.717, 1.165) is 32.4 Å². The molecule has 0 aliphatic carbocycles. The number of carbonyl (C=O) groups excluding carboxylic acids is 1. The Balaban J connectivity index is 2.24. The fraction of sp³-hybridized carbons (Fsp3) is 0.833. The number of carbonyl (C=O) groups is 2. The number of carboxylic acids is 1. The molecule has 1 atom stereocenters. The molecule has 1 aliphatic heterocycles. The number of aliphatic carboxylic acids is 1. The lowest BCUT2D eigenvalue weighted by molar-refractivity contribution is -0.143. The van der Waals surface area contributed by atoms with Crippen molar-refractivity contribution in [3.63, 3.8) is 0 Å². The largest absolute Gasteiger partial charge is 0.480 e. The third-order valence-corrected chi connectivity index (χ3v) is 3.21. The van der Waals surface area contributed by atoms with Crippen molar-refractivity contribution in [3.8, 4) is 0 Å². The van der Waals surface area contributed by atoms with Crippen molar-refractivity contribution in [2.45, 2.75) is 31.7 Å². The Kier molecular flexibility index (Phi) is 6.67. The van der Waals surface area contributed by atoms with E-state index < -0.39 is 12.0 Å². The summed E-state index contributed by atoms with van der Waals surface area (Å²) in [5.74, 6) is -0.701. The predicted molar refractivity (Wildman–Crippen MR) is 66.3 cm³/mol. The van der Waals surface area contributed by atoms with Gasteiger partial charge >= 0.3 is 5.97 Å². The van der Waals surface area contributed by atoms with Crippen LogP contribution in [0.3, 0.4) is 0 Å². The van der Waals surface area contributed by atoms with Crippen LogP contribution in [0.25, 0.3) is 0 Å². The summed E-state index contributed by atoms with van der Waals surface area (Å²) >= 11 is 0. The molecule has 6 nitrogen and oxygen atoms in total. The molecule has 0 saturated carbocycles. The zero-order valence-corrected chi connectivity index (χ0v) is 10.8. The summed E-state index contributed by atoms with van der Waals surface area (Å²) < 4.78 is 4.76. The SMILES string of the molecule is COCC(NC(=O)CCC1CCNCC1)C(=O)O. The smallest absolute Gasteiger partial charge is 0.328 e. The molecule has 1 aliphatic rings. The van der Waals surface area contributed by atoms with Gasteiger partial charge in [0, 0.05) is 13.5 Å². The minimum absolute atomic E-state index is 0.00553. The Labute approximate surface area is 107 Å². The highest BCUT2D eigenvalue weighted by Gasteiger charge is 2.20. The van der Waals surface area contributed by atoms with Crippen LogP contribution < -0.4 is 10.6 Å². The first-order chi connectivity index (χ1) is 8.63. The number of nitrogens with one attached hydrogen (secondary N) is 2. The molecule has 1 amide bonds. The lowest BCUT2D eigenvalue weighted by Gasteiger charge is -2.22. The van der Waals surface area contributed by atoms with Gasteiger partial charge in [-0.3, -0.25) is 4.79 Å². The van der Waals surface area contributed by atoms with Crippen molar-refractivity contribution in [2.24, 2.45) is 5.92 Å². The van der Waals surface area contributed by atoms with Crippen LogP contribution in [0, 0.1) is 5.92 Å². The average Bonchev–Trinajstić information content (AvgIpc) is 2.37. The van der Waals surface area contributed by atoms with Gasteiger partial charge in [0.15, 0.2) is 6.04 Å². The number of hydrogen-bond donors (Lipinski definition) is 3. The maximum absolute atomic E-state index is 11.6. The van der Waals surface area contributed by atoms with Gasteiger partial charge in [-0.25, -0.2) is 4.79 Å². The normalized spacial score (nSPS) is 18.3. The minimum Gasteiger partial charge on any atom is -0.480 e. The summed E-state index contributed by atoms with van der Waals surface area (Å²) in [6.07, 6.45) is 3.40.